The number of amides is 1. The van der Waals surface area contributed by atoms with E-state index in [1.165, 1.54) is 12.1 Å². The van der Waals surface area contributed by atoms with Crippen LogP contribution < -0.4 is 10.1 Å². The van der Waals surface area contributed by atoms with Crippen molar-refractivity contribution >= 4 is 21.6 Å². The standard InChI is InChI=1S/C26H32N4O5S/c1-19(2)26-28-24(29-35-26)17-20-7-9-21(10-8-20)27-25(31)18-34-22-11-13-23(14-12-22)36(32,33)30-15-5-3-4-6-16-30/h7-14,19H,3-6,15-18H2,1-2H3,(H,27,31). The van der Waals surface area contributed by atoms with Crippen LogP contribution in [-0.4, -0.2) is 48.5 Å². The number of carbonyl (C=O) groups is 1. The highest BCUT2D eigenvalue weighted by atomic mass is 32.2. The minimum atomic E-state index is -3.52. The molecule has 9 nitrogen and oxygen atoms in total. The van der Waals surface area contributed by atoms with E-state index in [-0.39, 0.29) is 23.3 Å². The van der Waals surface area contributed by atoms with E-state index >= 15 is 0 Å². The maximum atomic E-state index is 12.9. The second kappa shape index (κ2) is 11.7. The zero-order valence-corrected chi connectivity index (χ0v) is 21.5. The third-order valence-electron chi connectivity index (χ3n) is 5.97. The van der Waals surface area contributed by atoms with Crippen molar-refractivity contribution in [2.75, 3.05) is 25.0 Å². The van der Waals surface area contributed by atoms with Crippen LogP contribution in [0.1, 0.15) is 62.7 Å². The molecule has 10 heteroatoms. The SMILES string of the molecule is CC(C)c1nc(Cc2ccc(NC(=O)COc3ccc(S(=O)(=O)N4CCCCCC4)cc3)cc2)no1. The lowest BCUT2D eigenvalue weighted by Crippen LogP contribution is -2.31. The first-order valence-electron chi connectivity index (χ1n) is 12.3. The Bertz CT molecular complexity index is 1250. The number of carbonyl (C=O) groups excluding carboxylic acids is 1. The van der Waals surface area contributed by atoms with Gasteiger partial charge in [-0.15, -0.1) is 0 Å². The zero-order valence-electron chi connectivity index (χ0n) is 20.6. The molecule has 2 heterocycles. The second-order valence-corrected chi connectivity index (χ2v) is 11.1. The van der Waals surface area contributed by atoms with Crippen LogP contribution in [0.15, 0.2) is 57.9 Å². The molecule has 3 aromatic rings. The third-order valence-corrected chi connectivity index (χ3v) is 7.89. The summed E-state index contributed by atoms with van der Waals surface area (Å²) in [6.45, 7) is 4.90. The molecular formula is C26H32N4O5S. The van der Waals surface area contributed by atoms with Gasteiger partial charge >= 0.3 is 0 Å². The van der Waals surface area contributed by atoms with Gasteiger partial charge in [0.25, 0.3) is 5.91 Å². The maximum absolute atomic E-state index is 12.9. The van der Waals surface area contributed by atoms with Crippen molar-refractivity contribution in [3.05, 3.63) is 65.8 Å². The molecule has 0 atom stereocenters. The molecule has 0 spiro atoms. The molecule has 0 bridgehead atoms. The van der Waals surface area contributed by atoms with E-state index in [1.807, 2.05) is 26.0 Å². The van der Waals surface area contributed by atoms with Crippen molar-refractivity contribution in [1.82, 2.24) is 14.4 Å². The van der Waals surface area contributed by atoms with Crippen LogP contribution in [0.4, 0.5) is 5.69 Å². The number of anilines is 1. The smallest absolute Gasteiger partial charge is 0.262 e. The highest BCUT2D eigenvalue weighted by Gasteiger charge is 2.25. The molecule has 1 fully saturated rings. The third kappa shape index (κ3) is 6.70. The molecule has 0 unspecified atom stereocenters. The van der Waals surface area contributed by atoms with E-state index in [2.05, 4.69) is 15.5 Å². The van der Waals surface area contributed by atoms with Gasteiger partial charge in [0, 0.05) is 31.1 Å². The Labute approximate surface area is 211 Å². The average molecular weight is 513 g/mol. The Balaban J connectivity index is 1.26. The molecule has 1 amide bonds. The van der Waals surface area contributed by atoms with Crippen molar-refractivity contribution in [3.8, 4) is 5.75 Å². The van der Waals surface area contributed by atoms with Gasteiger partial charge in [-0.3, -0.25) is 4.79 Å². The summed E-state index contributed by atoms with van der Waals surface area (Å²) < 4.78 is 38.1. The molecule has 1 aliphatic heterocycles. The predicted molar refractivity (Wildman–Crippen MR) is 135 cm³/mol. The lowest BCUT2D eigenvalue weighted by Gasteiger charge is -2.20. The Morgan fingerprint density at radius 1 is 1.03 bits per heavy atom. The highest BCUT2D eigenvalue weighted by molar-refractivity contribution is 7.89. The van der Waals surface area contributed by atoms with Crippen LogP contribution in [0.5, 0.6) is 5.75 Å². The van der Waals surface area contributed by atoms with Crippen LogP contribution in [0.25, 0.3) is 0 Å². The maximum Gasteiger partial charge on any atom is 0.262 e. The summed E-state index contributed by atoms with van der Waals surface area (Å²) in [6, 6.07) is 13.6. The van der Waals surface area contributed by atoms with Crippen molar-refractivity contribution < 1.29 is 22.5 Å². The first-order chi connectivity index (χ1) is 17.3. The van der Waals surface area contributed by atoms with Gasteiger partial charge in [0.2, 0.25) is 15.9 Å². The van der Waals surface area contributed by atoms with Gasteiger partial charge in [-0.2, -0.15) is 9.29 Å². The molecule has 0 aliphatic carbocycles. The van der Waals surface area contributed by atoms with E-state index in [0.29, 0.717) is 42.7 Å². The first kappa shape index (κ1) is 25.8. The topological polar surface area (TPSA) is 115 Å². The fraction of sp³-hybridized carbons (Fsp3) is 0.423. The summed E-state index contributed by atoms with van der Waals surface area (Å²) in [7, 11) is -3.52. The fourth-order valence-electron chi connectivity index (χ4n) is 3.95. The minimum Gasteiger partial charge on any atom is -0.484 e. The van der Waals surface area contributed by atoms with Gasteiger partial charge in [-0.25, -0.2) is 8.42 Å². The summed E-state index contributed by atoms with van der Waals surface area (Å²) in [6.07, 6.45) is 4.43. The quantitative estimate of drug-likeness (QED) is 0.453. The Morgan fingerprint density at radius 2 is 1.69 bits per heavy atom. The molecule has 192 valence electrons. The van der Waals surface area contributed by atoms with E-state index in [4.69, 9.17) is 9.26 Å². The van der Waals surface area contributed by atoms with Gasteiger partial charge in [-0.1, -0.05) is 44.0 Å². The van der Waals surface area contributed by atoms with Crippen LogP contribution in [0, 0.1) is 0 Å². The molecular weight excluding hydrogens is 480 g/mol. The summed E-state index contributed by atoms with van der Waals surface area (Å²) >= 11 is 0. The van der Waals surface area contributed by atoms with Crippen molar-refractivity contribution in [3.63, 3.8) is 0 Å². The number of hydrogen-bond donors (Lipinski definition) is 1. The molecule has 1 aromatic heterocycles. The predicted octanol–water partition coefficient (Wildman–Crippen LogP) is 4.37. The van der Waals surface area contributed by atoms with Crippen molar-refractivity contribution in [2.24, 2.45) is 0 Å². The first-order valence-corrected chi connectivity index (χ1v) is 13.7. The molecule has 0 saturated carbocycles. The largest absolute Gasteiger partial charge is 0.484 e. The van der Waals surface area contributed by atoms with Crippen LogP contribution >= 0.6 is 0 Å². The number of ether oxygens (including phenoxy) is 1. The molecule has 1 N–H and O–H groups in total. The second-order valence-electron chi connectivity index (χ2n) is 9.20. The number of rotatable bonds is 9. The van der Waals surface area contributed by atoms with Gasteiger partial charge < -0.3 is 14.6 Å². The van der Waals surface area contributed by atoms with Gasteiger partial charge in [0.05, 0.1) is 4.90 Å². The van der Waals surface area contributed by atoms with Gasteiger partial charge in [0.1, 0.15) is 5.75 Å². The van der Waals surface area contributed by atoms with E-state index < -0.39 is 10.0 Å². The zero-order chi connectivity index (χ0) is 25.5. The monoisotopic (exact) mass is 512 g/mol. The molecule has 0 radical (unpaired) electrons. The van der Waals surface area contributed by atoms with E-state index in [1.54, 1.807) is 28.6 Å². The Kier molecular flexibility index (Phi) is 8.37. The lowest BCUT2D eigenvalue weighted by atomic mass is 10.1. The summed E-state index contributed by atoms with van der Waals surface area (Å²) in [5.74, 6) is 1.53. The summed E-state index contributed by atoms with van der Waals surface area (Å²) in [4.78, 5) is 16.9. The molecule has 1 saturated heterocycles. The number of nitrogens with one attached hydrogen (secondary N) is 1. The molecule has 1 aliphatic rings. The van der Waals surface area contributed by atoms with Gasteiger partial charge in [0.15, 0.2) is 12.4 Å². The van der Waals surface area contributed by atoms with E-state index in [0.717, 1.165) is 31.2 Å². The lowest BCUT2D eigenvalue weighted by molar-refractivity contribution is -0.118. The van der Waals surface area contributed by atoms with Crippen molar-refractivity contribution in [2.45, 2.75) is 56.8 Å². The number of nitrogens with zero attached hydrogens (tertiary/aromatic N) is 3. The highest BCUT2D eigenvalue weighted by Crippen LogP contribution is 2.23. The fourth-order valence-corrected chi connectivity index (χ4v) is 5.46. The number of benzene rings is 2. The molecule has 2 aromatic carbocycles. The van der Waals surface area contributed by atoms with E-state index in [9.17, 15) is 13.2 Å². The number of hydrogen-bond acceptors (Lipinski definition) is 7. The Hall–Kier alpha value is -3.24. The average Bonchev–Trinajstić information content (AvgIpc) is 3.16. The number of sulfonamides is 1. The van der Waals surface area contributed by atoms with Crippen LogP contribution in [0.2, 0.25) is 0 Å². The van der Waals surface area contributed by atoms with Crippen molar-refractivity contribution in [1.29, 1.82) is 0 Å². The summed E-state index contributed by atoms with van der Waals surface area (Å²) in [5, 5.41) is 6.79. The Morgan fingerprint density at radius 3 is 2.31 bits per heavy atom. The number of aromatic nitrogens is 2. The molecule has 4 rings (SSSR count). The summed E-state index contributed by atoms with van der Waals surface area (Å²) in [5.41, 5.74) is 1.64. The van der Waals surface area contributed by atoms with Crippen LogP contribution in [-0.2, 0) is 21.2 Å². The minimum absolute atomic E-state index is 0.182. The normalized spacial score (nSPS) is 15.0. The van der Waals surface area contributed by atoms with Gasteiger partial charge in [-0.05, 0) is 54.8 Å². The molecule has 36 heavy (non-hydrogen) atoms. The van der Waals surface area contributed by atoms with Crippen LogP contribution in [0.3, 0.4) is 0 Å².